The molecule has 15 nitrogen and oxygen atoms in total. The third-order valence-electron chi connectivity index (χ3n) is 28.9. The first-order valence-electron chi connectivity index (χ1n) is 48.8. The fraction of sp³-hybridized carbons (Fsp3) is 0. The molecule has 0 radical (unpaired) electrons. The summed E-state index contributed by atoms with van der Waals surface area (Å²) in [5, 5.41) is 83.8. The molecule has 15 heteroatoms. The van der Waals surface area contributed by atoms with Gasteiger partial charge in [-0.1, -0.05) is 285 Å². The van der Waals surface area contributed by atoms with Gasteiger partial charge >= 0.3 is 0 Å². The molecule has 0 aliphatic carbocycles. The lowest BCUT2D eigenvalue weighted by molar-refractivity contribution is 1.17. The second kappa shape index (κ2) is 37.0. The second-order valence-corrected chi connectivity index (χ2v) is 36.8. The fourth-order valence-corrected chi connectivity index (χ4v) is 22.4. The van der Waals surface area contributed by atoms with Crippen LogP contribution in [-0.4, -0.2) is 27.4 Å². The van der Waals surface area contributed by atoms with Gasteiger partial charge in [0.25, 0.3) is 0 Å². The van der Waals surface area contributed by atoms with Crippen LogP contribution in [0.15, 0.2) is 455 Å². The van der Waals surface area contributed by atoms with Crippen LogP contribution in [0.4, 0.5) is 11.4 Å². The molecule has 0 N–H and O–H groups in total. The van der Waals surface area contributed by atoms with E-state index in [2.05, 4.69) is 298 Å². The van der Waals surface area contributed by atoms with E-state index >= 15 is 0 Å². The number of para-hydroxylation sites is 10. The third kappa shape index (κ3) is 14.7. The Morgan fingerprint density at radius 3 is 0.760 bits per heavy atom. The molecule has 0 unspecified atom stereocenters. The van der Waals surface area contributed by atoms with Crippen molar-refractivity contribution >= 4 is 142 Å². The standard InChI is InChI=1S/3C45H25N5/c1-48-31-19-23-45-40(26-31)39-24-29(27-46)18-22-44(39)50(45)43-17-9-4-12-36(43)35-11-3-2-10-34(35)33-21-20-32(25-30(33)28-47)49-41-15-7-5-13-37(41)38-14-6-8-16-42(38)49;1-48-31-19-21-39-40-24-29(27-46)18-23-44(40)50(45(39)26-31)43-17-9-4-12-36(43)35-11-3-2-10-34(35)33-22-20-32(25-30(33)28-47)49-41-15-7-5-13-37(41)38-14-6-8-16-42(38)49;46-26-29-20-23-44-40(24-29)39-16-9-10-30(27-47)45(39)50(44)43-19-8-3-13-36(43)35-12-2-1-11-34(35)33-22-21-32(25-31(33)28-48)49-41-17-6-4-14-37(41)38-15-5-7-18-42(38)49/h2*2-26H;1-25H. The number of hydrogen-bond acceptors (Lipinski definition) is 7. The molecule has 0 aliphatic rings. The number of nitrogens with zero attached hydrogens (tertiary/aromatic N) is 15. The van der Waals surface area contributed by atoms with E-state index in [-0.39, 0.29) is 0 Å². The molecule has 0 amide bonds. The Morgan fingerprint density at radius 1 is 0.160 bits per heavy atom. The van der Waals surface area contributed by atoms with Crippen molar-refractivity contribution in [2.45, 2.75) is 0 Å². The Kier molecular flexibility index (Phi) is 22.0. The van der Waals surface area contributed by atoms with Crippen LogP contribution in [0, 0.1) is 92.5 Å². The molecule has 0 atom stereocenters. The maximum absolute atomic E-state index is 10.6. The number of fused-ring (bicyclic) bond motifs is 18. The van der Waals surface area contributed by atoms with Crippen LogP contribution < -0.4 is 0 Å². The summed E-state index contributed by atoms with van der Waals surface area (Å²) in [6, 6.07) is 169. The highest BCUT2D eigenvalue weighted by Crippen LogP contribution is 2.49. The van der Waals surface area contributed by atoms with Crippen LogP contribution in [0.2, 0.25) is 0 Å². The van der Waals surface area contributed by atoms with E-state index in [9.17, 15) is 36.8 Å². The molecule has 0 aliphatic heterocycles. The van der Waals surface area contributed by atoms with E-state index < -0.39 is 0 Å². The Balaban J connectivity index is 0.000000116. The minimum atomic E-state index is 0.543. The minimum Gasteiger partial charge on any atom is -0.310 e. The van der Waals surface area contributed by atoms with E-state index in [1.54, 1.807) is 0 Å². The zero-order chi connectivity index (χ0) is 101. The van der Waals surface area contributed by atoms with Gasteiger partial charge in [-0.15, -0.1) is 0 Å². The van der Waals surface area contributed by atoms with E-state index in [0.717, 1.165) is 199 Å². The maximum Gasteiger partial charge on any atom is 0.189 e. The van der Waals surface area contributed by atoms with E-state index in [4.69, 9.17) is 13.1 Å². The lowest BCUT2D eigenvalue weighted by Crippen LogP contribution is -2.00. The molecule has 6 aromatic heterocycles. The molecule has 0 spiro atoms. The summed E-state index contributed by atoms with van der Waals surface area (Å²) in [4.78, 5) is 7.40. The molecule has 27 rings (SSSR count). The number of rotatable bonds is 12. The molecule has 0 bridgehead atoms. The largest absolute Gasteiger partial charge is 0.310 e. The molecular formula is C135H75N15. The van der Waals surface area contributed by atoms with Crippen molar-refractivity contribution in [1.29, 1.82) is 36.8 Å². The molecular weight excluding hydrogens is 1830 g/mol. The van der Waals surface area contributed by atoms with Crippen LogP contribution in [0.5, 0.6) is 0 Å². The van der Waals surface area contributed by atoms with Gasteiger partial charge in [-0.25, -0.2) is 9.69 Å². The molecule has 150 heavy (non-hydrogen) atoms. The molecule has 0 saturated carbocycles. The fourth-order valence-electron chi connectivity index (χ4n) is 22.4. The van der Waals surface area contributed by atoms with Gasteiger partial charge in [0.1, 0.15) is 6.07 Å². The first-order valence-corrected chi connectivity index (χ1v) is 48.8. The molecule has 27 aromatic rings. The van der Waals surface area contributed by atoms with Gasteiger partial charge in [0.2, 0.25) is 0 Å². The van der Waals surface area contributed by atoms with Gasteiger partial charge < -0.3 is 27.4 Å². The van der Waals surface area contributed by atoms with Crippen molar-refractivity contribution < 1.29 is 0 Å². The predicted molar refractivity (Wildman–Crippen MR) is 604 cm³/mol. The van der Waals surface area contributed by atoms with E-state index in [1.807, 2.05) is 237 Å². The zero-order valence-electron chi connectivity index (χ0n) is 80.0. The monoisotopic (exact) mass is 1910 g/mol. The summed E-state index contributed by atoms with van der Waals surface area (Å²) in [5.41, 5.74) is 33.8. The quantitative estimate of drug-likeness (QED) is 0.108. The van der Waals surface area contributed by atoms with Gasteiger partial charge in [0.05, 0.1) is 166 Å². The van der Waals surface area contributed by atoms with E-state index in [1.165, 1.54) is 32.3 Å². The van der Waals surface area contributed by atoms with Gasteiger partial charge in [-0.3, -0.25) is 0 Å². The summed E-state index contributed by atoms with van der Waals surface area (Å²) in [7, 11) is 0. The zero-order valence-corrected chi connectivity index (χ0v) is 80.0. The van der Waals surface area contributed by atoms with Crippen molar-refractivity contribution in [3.63, 3.8) is 0 Å². The summed E-state index contributed by atoms with van der Waals surface area (Å²) in [5.74, 6) is 0. The Bertz CT molecular complexity index is 10600. The number of hydrogen-bond donors (Lipinski definition) is 0. The Labute approximate surface area is 860 Å². The van der Waals surface area contributed by atoms with Crippen molar-refractivity contribution in [1.82, 2.24) is 27.4 Å². The van der Waals surface area contributed by atoms with Gasteiger partial charge in [0, 0.05) is 115 Å². The highest BCUT2D eigenvalue weighted by molar-refractivity contribution is 6.17. The molecule has 690 valence electrons. The maximum atomic E-state index is 10.6. The molecule has 0 saturated heterocycles. The first-order chi connectivity index (χ1) is 74.0. The molecule has 6 heterocycles. The predicted octanol–water partition coefficient (Wildman–Crippen LogP) is 33.8. The minimum absolute atomic E-state index is 0.543. The van der Waals surface area contributed by atoms with Crippen LogP contribution in [-0.2, 0) is 0 Å². The van der Waals surface area contributed by atoms with Crippen LogP contribution in [0.1, 0.15) is 38.9 Å². The SMILES string of the molecule is N#Cc1ccc2c(c1)c1cccc(C#N)c1n2-c1ccccc1-c1ccccc1-c1ccc(-n2c3ccccc3c3ccccc32)cc1C#N.[C-]#[N+]c1ccc2c(c1)c1cc(C#N)ccc1n2-c1ccccc1-c1ccccc1-c1ccc(-n2c3ccccc3c3ccccc32)cc1C#N.[C-]#[N+]c1ccc2c3cc(C#N)ccc3n(-c3ccccc3-c3ccccc3-c3ccc(-n4c5ccccc5c5ccccc54)cc3C#N)c2c1. The lowest BCUT2D eigenvalue weighted by Gasteiger charge is -2.18. The number of aromatic nitrogens is 6. The smallest absolute Gasteiger partial charge is 0.189 e. The number of nitriles is 7. The lowest BCUT2D eigenvalue weighted by atomic mass is 9.91. The summed E-state index contributed by atoms with van der Waals surface area (Å²) in [6.07, 6.45) is 0. The highest BCUT2D eigenvalue weighted by Gasteiger charge is 2.28. The van der Waals surface area contributed by atoms with Gasteiger partial charge in [0.15, 0.2) is 11.4 Å². The second-order valence-electron chi connectivity index (χ2n) is 36.8. The average molecular weight is 1910 g/mol. The van der Waals surface area contributed by atoms with Crippen molar-refractivity contribution in [3.8, 4) is 143 Å². The van der Waals surface area contributed by atoms with Crippen molar-refractivity contribution in [2.24, 2.45) is 0 Å². The Morgan fingerprint density at radius 2 is 0.413 bits per heavy atom. The third-order valence-corrected chi connectivity index (χ3v) is 28.9. The molecule has 0 fully saturated rings. The topological polar surface area (TPSA) is 205 Å². The molecule has 21 aromatic carbocycles. The number of benzene rings is 21. The highest BCUT2D eigenvalue weighted by atomic mass is 15.0. The average Bonchev–Trinajstić information content (AvgIpc) is 1.55. The van der Waals surface area contributed by atoms with Crippen LogP contribution in [0.25, 0.3) is 241 Å². The summed E-state index contributed by atoms with van der Waals surface area (Å²) in [6.45, 7) is 15.3. The normalized spacial score (nSPS) is 11.1. The summed E-state index contributed by atoms with van der Waals surface area (Å²) >= 11 is 0. The van der Waals surface area contributed by atoms with Crippen molar-refractivity contribution in [3.05, 3.63) is 517 Å². The van der Waals surface area contributed by atoms with E-state index in [0.29, 0.717) is 50.3 Å². The van der Waals surface area contributed by atoms with Crippen LogP contribution in [0.3, 0.4) is 0 Å². The van der Waals surface area contributed by atoms with Gasteiger partial charge in [-0.05, 0) is 209 Å². The Hall–Kier alpha value is -22.2. The van der Waals surface area contributed by atoms with Crippen molar-refractivity contribution in [2.75, 3.05) is 0 Å². The first kappa shape index (κ1) is 89.2. The summed E-state index contributed by atoms with van der Waals surface area (Å²) < 4.78 is 13.2. The van der Waals surface area contributed by atoms with Crippen LogP contribution >= 0.6 is 0 Å². The van der Waals surface area contributed by atoms with Gasteiger partial charge in [-0.2, -0.15) is 36.8 Å².